The lowest BCUT2D eigenvalue weighted by molar-refractivity contribution is -0.285. The fraction of sp³-hybridized carbons (Fsp3) is 0.682. The standard InChI is InChI=1S/C22H33N3O7/c1-7-29-19-17(24-25-23)18(30-12-14-8-10-15(27-5)11-9-14)16(32-20(19)28-6)13-31-21(26)22(2,3)4/h8-11,16-20H,7,12-13H2,1-6H3/t16-,17-,18-,19+,20?/m1/s1/i12D/t12?,16-,17-,18-,19+,20?. The molecule has 0 aliphatic carbocycles. The maximum Gasteiger partial charge on any atom is 0.311 e. The molecule has 1 fully saturated rings. The van der Waals surface area contributed by atoms with Crippen molar-refractivity contribution in [2.75, 3.05) is 27.4 Å². The van der Waals surface area contributed by atoms with Crippen LogP contribution in [0.2, 0.25) is 0 Å². The molecular formula is C22H33N3O7. The predicted molar refractivity (Wildman–Crippen MR) is 116 cm³/mol. The molecule has 2 rings (SSSR count). The molecule has 0 N–H and O–H groups in total. The van der Waals surface area contributed by atoms with Crippen molar-refractivity contribution in [3.63, 3.8) is 0 Å². The van der Waals surface area contributed by atoms with E-state index in [0.717, 1.165) is 0 Å². The van der Waals surface area contributed by atoms with Gasteiger partial charge in [-0.3, -0.25) is 4.79 Å². The molecule has 0 saturated carbocycles. The summed E-state index contributed by atoms with van der Waals surface area (Å²) in [7, 11) is 2.99. The molecule has 0 aromatic heterocycles. The smallest absolute Gasteiger partial charge is 0.311 e. The molecule has 6 atom stereocenters. The predicted octanol–water partition coefficient (Wildman–Crippen LogP) is 3.63. The highest BCUT2D eigenvalue weighted by atomic mass is 16.7. The van der Waals surface area contributed by atoms with E-state index in [1.165, 1.54) is 7.11 Å². The molecule has 0 spiro atoms. The number of ether oxygens (including phenoxy) is 6. The highest BCUT2D eigenvalue weighted by Gasteiger charge is 2.48. The molecule has 1 heterocycles. The minimum atomic E-state index is -1.14. The number of hydrogen-bond acceptors (Lipinski definition) is 8. The lowest BCUT2D eigenvalue weighted by atomic mass is 9.95. The second kappa shape index (κ2) is 12.0. The third kappa shape index (κ3) is 6.82. The van der Waals surface area contributed by atoms with E-state index in [1.807, 2.05) is 0 Å². The Morgan fingerprint density at radius 3 is 2.44 bits per heavy atom. The largest absolute Gasteiger partial charge is 0.497 e. The number of rotatable bonds is 10. The lowest BCUT2D eigenvalue weighted by Gasteiger charge is -2.44. The highest BCUT2D eigenvalue weighted by molar-refractivity contribution is 5.75. The van der Waals surface area contributed by atoms with Gasteiger partial charge in [-0.15, -0.1) is 0 Å². The van der Waals surface area contributed by atoms with E-state index in [9.17, 15) is 10.3 Å². The van der Waals surface area contributed by atoms with Crippen molar-refractivity contribution in [1.82, 2.24) is 0 Å². The van der Waals surface area contributed by atoms with Crippen LogP contribution < -0.4 is 4.74 Å². The van der Waals surface area contributed by atoms with Crippen LogP contribution >= 0.6 is 0 Å². The molecule has 1 saturated heterocycles. The molecule has 1 aromatic rings. The van der Waals surface area contributed by atoms with Crippen LogP contribution in [-0.2, 0) is 35.1 Å². The number of carbonyl (C=O) groups is 1. The van der Waals surface area contributed by atoms with Crippen molar-refractivity contribution >= 4 is 5.97 Å². The fourth-order valence-corrected chi connectivity index (χ4v) is 3.16. The van der Waals surface area contributed by atoms with E-state index >= 15 is 0 Å². The van der Waals surface area contributed by atoms with Crippen molar-refractivity contribution in [2.24, 2.45) is 10.5 Å². The molecule has 10 heteroatoms. The summed E-state index contributed by atoms with van der Waals surface area (Å²) >= 11 is 0. The van der Waals surface area contributed by atoms with E-state index < -0.39 is 48.6 Å². The van der Waals surface area contributed by atoms with Crippen molar-refractivity contribution in [3.05, 3.63) is 40.3 Å². The van der Waals surface area contributed by atoms with Gasteiger partial charge in [0.1, 0.15) is 24.6 Å². The van der Waals surface area contributed by atoms with Crippen LogP contribution in [0.4, 0.5) is 0 Å². The van der Waals surface area contributed by atoms with Gasteiger partial charge in [-0.05, 0) is 50.9 Å². The molecule has 1 aliphatic rings. The molecule has 32 heavy (non-hydrogen) atoms. The van der Waals surface area contributed by atoms with Gasteiger partial charge >= 0.3 is 5.97 Å². The van der Waals surface area contributed by atoms with E-state index in [1.54, 1.807) is 59.1 Å². The van der Waals surface area contributed by atoms with Gasteiger partial charge in [0.25, 0.3) is 0 Å². The van der Waals surface area contributed by atoms with E-state index in [4.69, 9.17) is 29.8 Å². The summed E-state index contributed by atoms with van der Waals surface area (Å²) in [5.41, 5.74) is 9.06. The summed E-state index contributed by atoms with van der Waals surface area (Å²) in [6.07, 6.45) is -3.47. The Morgan fingerprint density at radius 2 is 1.91 bits per heavy atom. The average molecular weight is 453 g/mol. The van der Waals surface area contributed by atoms with Crippen LogP contribution in [0.3, 0.4) is 0 Å². The summed E-state index contributed by atoms with van der Waals surface area (Å²) < 4.78 is 42.3. The Labute approximate surface area is 190 Å². The SMILES string of the molecule is [2H]C(O[C@H]1[C@@H](N=[N+]=[N-])[C@H](OCC)C(OC)O[C@@H]1COC(=O)C(C)(C)C)c1ccc(OC)cc1. The maximum atomic E-state index is 12.3. The third-order valence-corrected chi connectivity index (χ3v) is 4.86. The average Bonchev–Trinajstić information content (AvgIpc) is 2.79. The number of azide groups is 1. The number of benzene rings is 1. The van der Waals surface area contributed by atoms with Gasteiger partial charge < -0.3 is 28.4 Å². The molecular weight excluding hydrogens is 418 g/mol. The van der Waals surface area contributed by atoms with E-state index in [-0.39, 0.29) is 6.61 Å². The van der Waals surface area contributed by atoms with Crippen molar-refractivity contribution in [2.45, 2.75) is 64.9 Å². The topological polar surface area (TPSA) is 121 Å². The highest BCUT2D eigenvalue weighted by Crippen LogP contribution is 2.30. The first-order valence-corrected chi connectivity index (χ1v) is 10.4. The first kappa shape index (κ1) is 24.3. The second-order valence-electron chi connectivity index (χ2n) is 8.23. The Bertz CT molecular complexity index is 811. The minimum absolute atomic E-state index is 0.174. The molecule has 0 radical (unpaired) electrons. The number of carbonyl (C=O) groups excluding carboxylic acids is 1. The van der Waals surface area contributed by atoms with Crippen molar-refractivity contribution < 1.29 is 34.6 Å². The van der Waals surface area contributed by atoms with E-state index in [2.05, 4.69) is 10.0 Å². The maximum absolute atomic E-state index is 12.3. The van der Waals surface area contributed by atoms with Crippen LogP contribution in [0.5, 0.6) is 5.75 Å². The lowest BCUT2D eigenvalue weighted by Crippen LogP contribution is -2.60. The van der Waals surface area contributed by atoms with Gasteiger partial charge in [0.05, 0.1) is 32.6 Å². The summed E-state index contributed by atoms with van der Waals surface area (Å²) in [5, 5.41) is 3.89. The molecule has 1 aromatic carbocycles. The van der Waals surface area contributed by atoms with Gasteiger partial charge in [-0.25, -0.2) is 0 Å². The summed E-state index contributed by atoms with van der Waals surface area (Å²) in [5.74, 6) is 0.217. The monoisotopic (exact) mass is 452 g/mol. The zero-order valence-electron chi connectivity index (χ0n) is 20.4. The quantitative estimate of drug-likeness (QED) is 0.230. The summed E-state index contributed by atoms with van der Waals surface area (Å²) in [6.45, 7) is 6.00. The summed E-state index contributed by atoms with van der Waals surface area (Å²) in [6, 6.07) is 5.95. The van der Waals surface area contributed by atoms with Crippen LogP contribution in [0.25, 0.3) is 10.4 Å². The number of hydrogen-bond donors (Lipinski definition) is 0. The third-order valence-electron chi connectivity index (χ3n) is 4.86. The van der Waals surface area contributed by atoms with Gasteiger partial charge in [-0.1, -0.05) is 17.2 Å². The minimum Gasteiger partial charge on any atom is -0.497 e. The van der Waals surface area contributed by atoms with Crippen molar-refractivity contribution in [1.29, 1.82) is 0 Å². The summed E-state index contributed by atoms with van der Waals surface area (Å²) in [4.78, 5) is 15.3. The van der Waals surface area contributed by atoms with Crippen molar-refractivity contribution in [3.8, 4) is 5.75 Å². The molecule has 0 amide bonds. The first-order chi connectivity index (χ1) is 15.7. The van der Waals surface area contributed by atoms with Gasteiger partial charge in [0, 0.05) is 18.6 Å². The Balaban J connectivity index is 2.34. The Morgan fingerprint density at radius 1 is 1.22 bits per heavy atom. The van der Waals surface area contributed by atoms with Crippen LogP contribution in [0.15, 0.2) is 29.4 Å². The number of esters is 1. The first-order valence-electron chi connectivity index (χ1n) is 11.0. The van der Waals surface area contributed by atoms with Gasteiger partial charge in [0.2, 0.25) is 0 Å². The molecule has 2 unspecified atom stereocenters. The Hall–Kier alpha value is -2.36. The van der Waals surface area contributed by atoms with E-state index in [0.29, 0.717) is 17.9 Å². The zero-order chi connectivity index (χ0) is 24.6. The van der Waals surface area contributed by atoms with Crippen LogP contribution in [0, 0.1) is 5.41 Å². The fourth-order valence-electron chi connectivity index (χ4n) is 3.16. The van der Waals surface area contributed by atoms with Gasteiger partial charge in [-0.2, -0.15) is 0 Å². The molecule has 178 valence electrons. The Kier molecular flexibility index (Phi) is 9.13. The second-order valence-corrected chi connectivity index (χ2v) is 8.23. The zero-order valence-corrected chi connectivity index (χ0v) is 19.4. The normalized spacial score (nSPS) is 27.1. The van der Waals surface area contributed by atoms with Crippen LogP contribution in [-0.4, -0.2) is 64.0 Å². The molecule has 0 bridgehead atoms. The molecule has 10 nitrogen and oxygen atoms in total. The number of methoxy groups -OCH3 is 2. The number of nitrogens with zero attached hydrogens (tertiary/aromatic N) is 3. The van der Waals surface area contributed by atoms with Gasteiger partial charge in [0.15, 0.2) is 6.29 Å². The molecule has 1 aliphatic heterocycles. The van der Waals surface area contributed by atoms with Crippen LogP contribution in [0.1, 0.15) is 34.6 Å².